The molecule has 10 heteroatoms. The highest BCUT2D eigenvalue weighted by Gasteiger charge is 2.44. The van der Waals surface area contributed by atoms with E-state index < -0.39 is 17.2 Å². The summed E-state index contributed by atoms with van der Waals surface area (Å²) in [6, 6.07) is 1.33. The van der Waals surface area contributed by atoms with Crippen molar-refractivity contribution in [2.24, 2.45) is 5.73 Å². The fourth-order valence-electron chi connectivity index (χ4n) is 4.94. The molecule has 1 atom stereocenters. The smallest absolute Gasteiger partial charge is 0.251 e. The van der Waals surface area contributed by atoms with E-state index in [2.05, 4.69) is 41.2 Å². The lowest BCUT2D eigenvalue weighted by Crippen LogP contribution is -2.36. The van der Waals surface area contributed by atoms with Gasteiger partial charge in [0.15, 0.2) is 5.82 Å². The van der Waals surface area contributed by atoms with Crippen LogP contribution in [0.5, 0.6) is 11.6 Å². The summed E-state index contributed by atoms with van der Waals surface area (Å²) in [5.74, 6) is -1.07. The van der Waals surface area contributed by atoms with Gasteiger partial charge in [0.25, 0.3) is 5.88 Å². The number of rotatable bonds is 11. The van der Waals surface area contributed by atoms with Crippen LogP contribution in [0.4, 0.5) is 8.78 Å². The van der Waals surface area contributed by atoms with Gasteiger partial charge in [-0.05, 0) is 64.6 Å². The molecule has 2 heterocycles. The lowest BCUT2D eigenvalue weighted by molar-refractivity contribution is -0.109. The van der Waals surface area contributed by atoms with Crippen LogP contribution < -0.4 is 20.5 Å². The maximum Gasteiger partial charge on any atom is 0.251 e. The standard InChI is InChI=1S/C29H34ClF2NO3.C2H5NO.CH5N/c1-5-6-12-29(20-10-8-7-9-11-20)16-21-23(36-29)15-22(31)26(30)25(21)24-19(4)17-33-28(27(24)32)35-14-13-34-18(2)3;1-3-2-4;1-2/h8,10-11,15,17-18H,5-7,9,12-14,16H2,1-4H3;2H,1H3,(H,3,4);2H2,1H3. The molecule has 1 aromatic carbocycles. The van der Waals surface area contributed by atoms with Gasteiger partial charge in [-0.15, -0.1) is 0 Å². The second kappa shape index (κ2) is 17.2. The van der Waals surface area contributed by atoms with E-state index in [1.165, 1.54) is 19.3 Å². The summed E-state index contributed by atoms with van der Waals surface area (Å²) < 4.78 is 48.6. The first-order chi connectivity index (χ1) is 20.2. The van der Waals surface area contributed by atoms with Gasteiger partial charge in [0, 0.05) is 42.4 Å². The number of hydrogen-bond donors (Lipinski definition) is 2. The van der Waals surface area contributed by atoms with Gasteiger partial charge >= 0.3 is 0 Å². The summed E-state index contributed by atoms with van der Waals surface area (Å²) in [5, 5.41) is 2.12. The molecule has 3 N–H and O–H groups in total. The third-order valence-corrected chi connectivity index (χ3v) is 7.20. The number of fused-ring (bicyclic) bond motifs is 1. The molecule has 7 nitrogen and oxygen atoms in total. The normalized spacial score (nSPS) is 16.8. The third-order valence-electron chi connectivity index (χ3n) is 6.83. The molecule has 0 spiro atoms. The minimum atomic E-state index is -0.669. The molecule has 0 saturated heterocycles. The van der Waals surface area contributed by atoms with E-state index in [0.29, 0.717) is 41.9 Å². The van der Waals surface area contributed by atoms with Crippen molar-refractivity contribution in [3.8, 4) is 22.8 Å². The van der Waals surface area contributed by atoms with Gasteiger partial charge in [-0.3, -0.25) is 4.79 Å². The first-order valence-electron chi connectivity index (χ1n) is 14.3. The molecule has 1 aliphatic heterocycles. The Bertz CT molecular complexity index is 1250. The Morgan fingerprint density at radius 3 is 2.55 bits per heavy atom. The lowest BCUT2D eigenvalue weighted by atomic mass is 9.80. The number of aromatic nitrogens is 1. The maximum absolute atomic E-state index is 15.9. The zero-order chi connectivity index (χ0) is 31.3. The van der Waals surface area contributed by atoms with Crippen molar-refractivity contribution in [3.63, 3.8) is 0 Å². The maximum atomic E-state index is 15.9. The summed E-state index contributed by atoms with van der Waals surface area (Å²) in [4.78, 5) is 13.2. The zero-order valence-electron chi connectivity index (χ0n) is 25.5. The van der Waals surface area contributed by atoms with Crippen LogP contribution in [0.1, 0.15) is 64.0 Å². The number of hydrogen-bond acceptors (Lipinski definition) is 6. The number of aryl methyl sites for hydroxylation is 1. The van der Waals surface area contributed by atoms with Crippen molar-refractivity contribution >= 4 is 18.0 Å². The molecule has 4 rings (SSSR count). The minimum absolute atomic E-state index is 0.0378. The second-order valence-electron chi connectivity index (χ2n) is 10.1. The highest BCUT2D eigenvalue weighted by Crippen LogP contribution is 2.51. The number of nitrogens with zero attached hydrogens (tertiary/aromatic N) is 1. The molecular formula is C32H44ClF2N3O4. The van der Waals surface area contributed by atoms with Crippen LogP contribution in [-0.2, 0) is 16.0 Å². The first-order valence-corrected chi connectivity index (χ1v) is 14.7. The van der Waals surface area contributed by atoms with Crippen LogP contribution in [0.25, 0.3) is 11.1 Å². The van der Waals surface area contributed by atoms with Crippen molar-refractivity contribution in [1.29, 1.82) is 0 Å². The Labute approximate surface area is 253 Å². The number of ether oxygens (including phenoxy) is 3. The highest BCUT2D eigenvalue weighted by molar-refractivity contribution is 6.34. The first kappa shape index (κ1) is 35.2. The van der Waals surface area contributed by atoms with Crippen molar-refractivity contribution in [3.05, 3.63) is 63.8 Å². The molecule has 1 unspecified atom stereocenters. The van der Waals surface area contributed by atoms with Crippen LogP contribution in [-0.4, -0.2) is 50.4 Å². The molecule has 0 radical (unpaired) electrons. The summed E-state index contributed by atoms with van der Waals surface area (Å²) >= 11 is 6.55. The number of halogens is 3. The van der Waals surface area contributed by atoms with E-state index in [1.807, 2.05) is 13.8 Å². The predicted molar refractivity (Wildman–Crippen MR) is 164 cm³/mol. The van der Waals surface area contributed by atoms with E-state index in [0.717, 1.165) is 37.7 Å². The van der Waals surface area contributed by atoms with Crippen molar-refractivity contribution in [2.45, 2.75) is 77.9 Å². The number of nitrogens with one attached hydrogen (secondary N) is 1. The Morgan fingerprint density at radius 1 is 1.24 bits per heavy atom. The monoisotopic (exact) mass is 607 g/mol. The van der Waals surface area contributed by atoms with Crippen molar-refractivity contribution in [1.82, 2.24) is 10.3 Å². The third kappa shape index (κ3) is 8.52. The molecule has 1 amide bonds. The van der Waals surface area contributed by atoms with Gasteiger partial charge < -0.3 is 25.3 Å². The van der Waals surface area contributed by atoms with E-state index >= 15 is 8.78 Å². The molecule has 1 aliphatic carbocycles. The second-order valence-corrected chi connectivity index (χ2v) is 10.5. The number of unbranched alkanes of at least 4 members (excludes halogenated alkanes) is 1. The van der Waals surface area contributed by atoms with E-state index in [-0.39, 0.29) is 29.2 Å². The summed E-state index contributed by atoms with van der Waals surface area (Å²) in [6.07, 6.45) is 13.7. The molecule has 2 aliphatic rings. The van der Waals surface area contributed by atoms with Crippen molar-refractivity contribution in [2.75, 3.05) is 27.3 Å². The molecule has 0 bridgehead atoms. The number of carbonyl (C=O) groups excluding carboxylic acids is 1. The van der Waals surface area contributed by atoms with Crippen LogP contribution in [0.2, 0.25) is 5.02 Å². The Kier molecular flexibility index (Phi) is 14.4. The fourth-order valence-corrected chi connectivity index (χ4v) is 5.21. The van der Waals surface area contributed by atoms with Crippen LogP contribution >= 0.6 is 11.6 Å². The summed E-state index contributed by atoms with van der Waals surface area (Å²) in [5.41, 5.74) is 6.70. The van der Waals surface area contributed by atoms with E-state index in [9.17, 15) is 0 Å². The van der Waals surface area contributed by atoms with Gasteiger partial charge in [0.1, 0.15) is 23.8 Å². The molecular weight excluding hydrogens is 564 g/mol. The number of allylic oxidation sites excluding steroid dienone is 2. The Morgan fingerprint density at radius 2 is 1.95 bits per heavy atom. The van der Waals surface area contributed by atoms with E-state index in [4.69, 9.17) is 30.6 Å². The Balaban J connectivity index is 0.000000947. The average molecular weight is 608 g/mol. The fraction of sp³-hybridized carbons (Fsp3) is 0.500. The summed E-state index contributed by atoms with van der Waals surface area (Å²) in [7, 11) is 3.06. The summed E-state index contributed by atoms with van der Waals surface area (Å²) in [6.45, 7) is 8.13. The lowest BCUT2D eigenvalue weighted by Gasteiger charge is -2.31. The van der Waals surface area contributed by atoms with Gasteiger partial charge in [0.2, 0.25) is 6.41 Å². The molecule has 0 fully saturated rings. The quantitative estimate of drug-likeness (QED) is 0.214. The molecule has 232 valence electrons. The molecule has 0 saturated carbocycles. The number of pyridine rings is 1. The topological polar surface area (TPSA) is 95.7 Å². The largest absolute Gasteiger partial charge is 0.482 e. The van der Waals surface area contributed by atoms with Gasteiger partial charge in [-0.25, -0.2) is 13.8 Å². The van der Waals surface area contributed by atoms with Gasteiger partial charge in [-0.2, -0.15) is 0 Å². The van der Waals surface area contributed by atoms with E-state index in [1.54, 1.807) is 14.0 Å². The Hall–Kier alpha value is -3.01. The van der Waals surface area contributed by atoms with Crippen molar-refractivity contribution < 1.29 is 27.8 Å². The predicted octanol–water partition coefficient (Wildman–Crippen LogP) is 6.87. The molecule has 2 aromatic rings. The minimum Gasteiger partial charge on any atom is -0.482 e. The average Bonchev–Trinajstić information content (AvgIpc) is 3.37. The molecule has 42 heavy (non-hydrogen) atoms. The van der Waals surface area contributed by atoms with Gasteiger partial charge in [-0.1, -0.05) is 43.2 Å². The SMILES string of the molecule is CCCCC1(C2=CCCC=C2)Cc2c(cc(F)c(Cl)c2-c2c(C)cnc(OCCOC(C)C)c2F)O1.CN.CNC=O. The van der Waals surface area contributed by atoms with Crippen LogP contribution in [0, 0.1) is 18.6 Å². The van der Waals surface area contributed by atoms with Crippen LogP contribution in [0.3, 0.4) is 0 Å². The number of carbonyl (C=O) groups is 1. The van der Waals surface area contributed by atoms with Crippen LogP contribution in [0.15, 0.2) is 36.1 Å². The number of amides is 1. The molecule has 1 aromatic heterocycles. The van der Waals surface area contributed by atoms with Gasteiger partial charge in [0.05, 0.1) is 17.7 Å². The number of benzene rings is 1. The highest BCUT2D eigenvalue weighted by atomic mass is 35.5. The number of nitrogens with two attached hydrogens (primary N) is 1. The zero-order valence-corrected chi connectivity index (χ0v) is 26.2.